The summed E-state index contributed by atoms with van der Waals surface area (Å²) in [7, 11) is 0. The van der Waals surface area contributed by atoms with E-state index in [0.29, 0.717) is 16.3 Å². The van der Waals surface area contributed by atoms with Crippen LogP contribution >= 0.6 is 11.6 Å². The third-order valence-corrected chi connectivity index (χ3v) is 3.00. The first-order valence-corrected chi connectivity index (χ1v) is 6.22. The molecule has 0 aliphatic heterocycles. The lowest BCUT2D eigenvalue weighted by molar-refractivity contribution is -0.384. The molecule has 1 N–H and O–H groups in total. The summed E-state index contributed by atoms with van der Waals surface area (Å²) in [5.41, 5.74) is 0.280. The number of halogens is 1. The predicted molar refractivity (Wildman–Crippen MR) is 76.3 cm³/mol. The first kappa shape index (κ1) is 14.8. The summed E-state index contributed by atoms with van der Waals surface area (Å²) in [5, 5.41) is 20.4. The summed E-state index contributed by atoms with van der Waals surface area (Å²) in [6.07, 6.45) is 0. The Morgan fingerprint density at radius 3 is 2.52 bits per heavy atom. The molecule has 0 amide bonds. The Kier molecular flexibility index (Phi) is 4.09. The molecular weight excluding hydrogens is 298 g/mol. The largest absolute Gasteiger partial charge is 0.478 e. The second kappa shape index (κ2) is 5.80. The zero-order valence-corrected chi connectivity index (χ0v) is 11.6. The highest BCUT2D eigenvalue weighted by atomic mass is 35.5. The molecule has 108 valence electrons. The number of aromatic carboxylic acids is 1. The highest BCUT2D eigenvalue weighted by molar-refractivity contribution is 6.30. The molecule has 0 unspecified atom stereocenters. The molecule has 0 radical (unpaired) electrons. The molecule has 7 heteroatoms. The van der Waals surface area contributed by atoms with Crippen LogP contribution in [0.15, 0.2) is 36.4 Å². The smallest absolute Gasteiger partial charge is 0.339 e. The number of carboxylic acids is 1. The number of rotatable bonds is 4. The van der Waals surface area contributed by atoms with Crippen LogP contribution in [-0.2, 0) is 0 Å². The number of hydrogen-bond acceptors (Lipinski definition) is 4. The third-order valence-electron chi connectivity index (χ3n) is 2.76. The van der Waals surface area contributed by atoms with Gasteiger partial charge in [-0.25, -0.2) is 4.79 Å². The third kappa shape index (κ3) is 3.29. The summed E-state index contributed by atoms with van der Waals surface area (Å²) < 4.78 is 5.50. The molecule has 2 aromatic carbocycles. The van der Waals surface area contributed by atoms with Crippen molar-refractivity contribution in [1.82, 2.24) is 0 Å². The molecule has 0 aliphatic carbocycles. The number of nitro benzene ring substituents is 1. The maximum atomic E-state index is 11.2. The second-order valence-electron chi connectivity index (χ2n) is 4.25. The van der Waals surface area contributed by atoms with Crippen molar-refractivity contribution in [2.24, 2.45) is 0 Å². The summed E-state index contributed by atoms with van der Waals surface area (Å²) >= 11 is 5.83. The van der Waals surface area contributed by atoms with Gasteiger partial charge in [0.05, 0.1) is 11.0 Å². The maximum absolute atomic E-state index is 11.2. The van der Waals surface area contributed by atoms with Gasteiger partial charge in [0, 0.05) is 11.1 Å². The van der Waals surface area contributed by atoms with Gasteiger partial charge in [-0.15, -0.1) is 0 Å². The van der Waals surface area contributed by atoms with Crippen LogP contribution in [-0.4, -0.2) is 16.0 Å². The number of hydrogen-bond donors (Lipinski definition) is 1. The van der Waals surface area contributed by atoms with Crippen LogP contribution in [0.5, 0.6) is 11.5 Å². The van der Waals surface area contributed by atoms with Crippen molar-refractivity contribution in [3.8, 4) is 11.5 Å². The van der Waals surface area contributed by atoms with Gasteiger partial charge in [-0.05, 0) is 36.8 Å². The maximum Gasteiger partial charge on any atom is 0.339 e. The number of aryl methyl sites for hydroxylation is 1. The van der Waals surface area contributed by atoms with E-state index >= 15 is 0 Å². The Balaban J connectivity index is 2.48. The van der Waals surface area contributed by atoms with Gasteiger partial charge in [0.1, 0.15) is 17.1 Å². The van der Waals surface area contributed by atoms with Crippen molar-refractivity contribution in [2.75, 3.05) is 0 Å². The second-order valence-corrected chi connectivity index (χ2v) is 4.69. The van der Waals surface area contributed by atoms with E-state index in [9.17, 15) is 14.9 Å². The average Bonchev–Trinajstić information content (AvgIpc) is 2.41. The van der Waals surface area contributed by atoms with Gasteiger partial charge < -0.3 is 9.84 Å². The Bertz CT molecular complexity index is 729. The Morgan fingerprint density at radius 2 is 1.95 bits per heavy atom. The lowest BCUT2D eigenvalue weighted by atomic mass is 10.1. The van der Waals surface area contributed by atoms with E-state index in [4.69, 9.17) is 21.4 Å². The number of carboxylic acid groups (broad SMARTS) is 1. The monoisotopic (exact) mass is 307 g/mol. The van der Waals surface area contributed by atoms with Crippen LogP contribution in [0.25, 0.3) is 0 Å². The van der Waals surface area contributed by atoms with Crippen molar-refractivity contribution in [2.45, 2.75) is 6.92 Å². The zero-order valence-electron chi connectivity index (χ0n) is 10.9. The van der Waals surface area contributed by atoms with Gasteiger partial charge in [-0.2, -0.15) is 0 Å². The lowest BCUT2D eigenvalue weighted by Gasteiger charge is -2.11. The standard InChI is InChI=1S/C14H10ClNO5/c1-8-6-9(15)2-5-12(8)21-13-7-10(16(19)20)3-4-11(13)14(17)18/h2-7H,1H3,(H,17,18). The van der Waals surface area contributed by atoms with E-state index in [1.807, 2.05) is 0 Å². The molecule has 0 saturated heterocycles. The molecule has 0 fully saturated rings. The van der Waals surface area contributed by atoms with Crippen LogP contribution < -0.4 is 4.74 Å². The molecule has 0 saturated carbocycles. The van der Waals surface area contributed by atoms with E-state index < -0.39 is 10.9 Å². The number of benzene rings is 2. The molecule has 0 aliphatic rings. The normalized spacial score (nSPS) is 10.2. The average molecular weight is 308 g/mol. The highest BCUT2D eigenvalue weighted by Gasteiger charge is 2.17. The van der Waals surface area contributed by atoms with Gasteiger partial charge in [-0.3, -0.25) is 10.1 Å². The number of carbonyl (C=O) groups is 1. The summed E-state index contributed by atoms with van der Waals surface area (Å²) in [6, 6.07) is 8.14. The first-order valence-electron chi connectivity index (χ1n) is 5.84. The van der Waals surface area contributed by atoms with Gasteiger partial charge in [0.25, 0.3) is 5.69 Å². The zero-order chi connectivity index (χ0) is 15.6. The van der Waals surface area contributed by atoms with E-state index in [2.05, 4.69) is 0 Å². The first-order chi connectivity index (χ1) is 9.88. The van der Waals surface area contributed by atoms with E-state index in [1.165, 1.54) is 0 Å². The molecule has 6 nitrogen and oxygen atoms in total. The number of non-ortho nitro benzene ring substituents is 1. The van der Waals surface area contributed by atoms with Crippen LogP contribution in [0.2, 0.25) is 5.02 Å². The lowest BCUT2D eigenvalue weighted by Crippen LogP contribution is -2.01. The van der Waals surface area contributed by atoms with Crippen molar-refractivity contribution >= 4 is 23.3 Å². The van der Waals surface area contributed by atoms with E-state index in [0.717, 1.165) is 18.2 Å². The topological polar surface area (TPSA) is 89.7 Å². The highest BCUT2D eigenvalue weighted by Crippen LogP contribution is 2.32. The molecule has 0 spiro atoms. The fraction of sp³-hybridized carbons (Fsp3) is 0.0714. The fourth-order valence-electron chi connectivity index (χ4n) is 1.73. The van der Waals surface area contributed by atoms with Gasteiger partial charge in [-0.1, -0.05) is 11.6 Å². The minimum atomic E-state index is -1.23. The van der Waals surface area contributed by atoms with E-state index in [-0.39, 0.29) is 17.0 Å². The molecular formula is C14H10ClNO5. The van der Waals surface area contributed by atoms with Crippen molar-refractivity contribution in [3.05, 3.63) is 62.7 Å². The minimum absolute atomic E-state index is 0.0953. The number of nitro groups is 1. The van der Waals surface area contributed by atoms with Crippen molar-refractivity contribution in [1.29, 1.82) is 0 Å². The summed E-state index contributed by atoms with van der Waals surface area (Å²) in [6.45, 7) is 1.74. The van der Waals surface area contributed by atoms with Crippen molar-refractivity contribution in [3.63, 3.8) is 0 Å². The molecule has 0 atom stereocenters. The Labute approximate surface area is 124 Å². The molecule has 21 heavy (non-hydrogen) atoms. The van der Waals surface area contributed by atoms with E-state index in [1.54, 1.807) is 25.1 Å². The minimum Gasteiger partial charge on any atom is -0.478 e. The van der Waals surface area contributed by atoms with Gasteiger partial charge >= 0.3 is 5.97 Å². The van der Waals surface area contributed by atoms with Crippen LogP contribution in [0.3, 0.4) is 0 Å². The molecule has 2 aromatic rings. The number of nitrogens with zero attached hydrogens (tertiary/aromatic N) is 1. The van der Waals surface area contributed by atoms with Crippen LogP contribution in [0.1, 0.15) is 15.9 Å². The number of ether oxygens (including phenoxy) is 1. The van der Waals surface area contributed by atoms with Gasteiger partial charge in [0.15, 0.2) is 0 Å². The summed E-state index contributed by atoms with van der Waals surface area (Å²) in [4.78, 5) is 21.3. The SMILES string of the molecule is Cc1cc(Cl)ccc1Oc1cc([N+](=O)[O-])ccc1C(=O)O. The molecule has 0 bridgehead atoms. The fourth-order valence-corrected chi connectivity index (χ4v) is 1.96. The van der Waals surface area contributed by atoms with Crippen LogP contribution in [0.4, 0.5) is 5.69 Å². The predicted octanol–water partition coefficient (Wildman–Crippen LogP) is 4.05. The molecule has 0 aromatic heterocycles. The quantitative estimate of drug-likeness (QED) is 0.680. The van der Waals surface area contributed by atoms with Crippen molar-refractivity contribution < 1.29 is 19.6 Å². The van der Waals surface area contributed by atoms with Crippen LogP contribution in [0, 0.1) is 17.0 Å². The Morgan fingerprint density at radius 1 is 1.24 bits per heavy atom. The Hall–Kier alpha value is -2.60. The molecule has 0 heterocycles. The van der Waals surface area contributed by atoms with Gasteiger partial charge in [0.2, 0.25) is 0 Å². The molecule has 2 rings (SSSR count). The summed E-state index contributed by atoms with van der Waals surface area (Å²) in [5.74, 6) is -0.948.